The summed E-state index contributed by atoms with van der Waals surface area (Å²) in [5.74, 6) is -0.303. The molecule has 1 aliphatic heterocycles. The van der Waals surface area contributed by atoms with E-state index in [9.17, 15) is 9.59 Å². The van der Waals surface area contributed by atoms with E-state index >= 15 is 0 Å². The molecule has 1 aliphatic rings. The Balaban J connectivity index is 2.22. The van der Waals surface area contributed by atoms with Crippen molar-refractivity contribution in [3.63, 3.8) is 0 Å². The number of likely N-dealkylation sites (tertiary alicyclic amines) is 1. The van der Waals surface area contributed by atoms with E-state index in [1.165, 1.54) is 12.8 Å². The topological polar surface area (TPSA) is 62.4 Å². The zero-order chi connectivity index (χ0) is 17.0. The average molecular weight is 320 g/mol. The van der Waals surface area contributed by atoms with E-state index in [1.807, 2.05) is 20.8 Å². The Bertz CT molecular complexity index is 569. The molecule has 0 aliphatic carbocycles. The summed E-state index contributed by atoms with van der Waals surface area (Å²) in [6, 6.07) is -0.167. The van der Waals surface area contributed by atoms with Crippen molar-refractivity contribution in [3.8, 4) is 0 Å². The van der Waals surface area contributed by atoms with Gasteiger partial charge in [0.05, 0.1) is 23.9 Å². The standard InChI is InChI=1S/C18H28N2O3/c1-5-23-18(22)15-12(2)16(19-13(15)3)17(21)14(4)20-10-8-6-7-9-11-20/h14,19H,5-11H2,1-4H3. The maximum Gasteiger partial charge on any atom is 0.340 e. The SMILES string of the molecule is CCOC(=O)c1c(C)[nH]c(C(=O)C(C)N2CCCCCC2)c1C. The third-order valence-electron chi connectivity index (χ3n) is 4.73. The van der Waals surface area contributed by atoms with E-state index in [0.717, 1.165) is 25.9 Å². The molecule has 5 nitrogen and oxygen atoms in total. The molecule has 0 bridgehead atoms. The van der Waals surface area contributed by atoms with E-state index in [2.05, 4.69) is 9.88 Å². The predicted octanol–water partition coefficient (Wildman–Crippen LogP) is 3.26. The Kier molecular flexibility index (Phi) is 5.99. The van der Waals surface area contributed by atoms with Crippen molar-refractivity contribution in [2.24, 2.45) is 0 Å². The number of hydrogen-bond acceptors (Lipinski definition) is 4. The maximum absolute atomic E-state index is 12.9. The Hall–Kier alpha value is -1.62. The smallest absolute Gasteiger partial charge is 0.340 e. The van der Waals surface area contributed by atoms with E-state index < -0.39 is 0 Å². The summed E-state index contributed by atoms with van der Waals surface area (Å²) in [6.07, 6.45) is 4.78. The highest BCUT2D eigenvalue weighted by atomic mass is 16.5. The number of carbonyl (C=O) groups excluding carboxylic acids is 2. The van der Waals surface area contributed by atoms with Crippen LogP contribution in [-0.4, -0.2) is 47.4 Å². The number of carbonyl (C=O) groups is 2. The van der Waals surface area contributed by atoms with E-state index in [4.69, 9.17) is 4.74 Å². The second-order valence-electron chi connectivity index (χ2n) is 6.34. The van der Waals surface area contributed by atoms with Crippen LogP contribution in [0.3, 0.4) is 0 Å². The third kappa shape index (κ3) is 3.83. The molecule has 1 aromatic heterocycles. The molecule has 128 valence electrons. The van der Waals surface area contributed by atoms with Gasteiger partial charge in [0.15, 0.2) is 5.78 Å². The molecule has 1 saturated heterocycles. The zero-order valence-corrected chi connectivity index (χ0v) is 14.7. The molecule has 0 radical (unpaired) electrons. The predicted molar refractivity (Wildman–Crippen MR) is 90.1 cm³/mol. The number of H-pyrrole nitrogens is 1. The summed E-state index contributed by atoms with van der Waals surface area (Å²) in [7, 11) is 0. The van der Waals surface area contributed by atoms with Crippen molar-refractivity contribution in [1.82, 2.24) is 9.88 Å². The second kappa shape index (κ2) is 7.77. The number of ketones is 1. The quantitative estimate of drug-likeness (QED) is 0.668. The molecule has 1 fully saturated rings. The summed E-state index contributed by atoms with van der Waals surface area (Å²) < 4.78 is 5.10. The minimum atomic E-state index is -0.361. The van der Waals surface area contributed by atoms with Crippen LogP contribution in [0.2, 0.25) is 0 Å². The van der Waals surface area contributed by atoms with Gasteiger partial charge in [0.1, 0.15) is 0 Å². The van der Waals surface area contributed by atoms with Crippen molar-refractivity contribution >= 4 is 11.8 Å². The molecular weight excluding hydrogens is 292 g/mol. The van der Waals surface area contributed by atoms with Crippen molar-refractivity contribution in [2.75, 3.05) is 19.7 Å². The molecule has 2 heterocycles. The first kappa shape index (κ1) is 17.7. The third-order valence-corrected chi connectivity index (χ3v) is 4.73. The van der Waals surface area contributed by atoms with Gasteiger partial charge in [-0.2, -0.15) is 0 Å². The lowest BCUT2D eigenvalue weighted by atomic mass is 10.0. The largest absolute Gasteiger partial charge is 0.462 e. The highest BCUT2D eigenvalue weighted by Crippen LogP contribution is 2.22. The Morgan fingerprint density at radius 3 is 2.35 bits per heavy atom. The zero-order valence-electron chi connectivity index (χ0n) is 14.7. The summed E-state index contributed by atoms with van der Waals surface area (Å²) in [5, 5.41) is 0. The van der Waals surface area contributed by atoms with Crippen LogP contribution in [0.4, 0.5) is 0 Å². The minimum absolute atomic E-state index is 0.0584. The summed E-state index contributed by atoms with van der Waals surface area (Å²) >= 11 is 0. The molecule has 0 saturated carbocycles. The number of hydrogen-bond donors (Lipinski definition) is 1. The van der Waals surface area contributed by atoms with E-state index in [-0.39, 0.29) is 17.8 Å². The molecule has 5 heteroatoms. The lowest BCUT2D eigenvalue weighted by molar-refractivity contribution is 0.0525. The molecule has 0 spiro atoms. The first-order chi connectivity index (χ1) is 11.0. The number of aromatic amines is 1. The van der Waals surface area contributed by atoms with Crippen LogP contribution in [0.15, 0.2) is 0 Å². The van der Waals surface area contributed by atoms with Gasteiger partial charge >= 0.3 is 5.97 Å². The van der Waals surface area contributed by atoms with Gasteiger partial charge in [-0.3, -0.25) is 9.69 Å². The van der Waals surface area contributed by atoms with Crippen LogP contribution in [-0.2, 0) is 4.74 Å². The van der Waals surface area contributed by atoms with Crippen LogP contribution < -0.4 is 0 Å². The number of esters is 1. The number of nitrogens with one attached hydrogen (secondary N) is 1. The highest BCUT2D eigenvalue weighted by molar-refractivity contribution is 6.03. The number of rotatable bonds is 5. The van der Waals surface area contributed by atoms with Gasteiger partial charge in [-0.25, -0.2) is 4.79 Å². The van der Waals surface area contributed by atoms with Crippen LogP contribution in [0, 0.1) is 13.8 Å². The van der Waals surface area contributed by atoms with Gasteiger partial charge in [0, 0.05) is 5.69 Å². The van der Waals surface area contributed by atoms with Crippen molar-refractivity contribution in [1.29, 1.82) is 0 Å². The van der Waals surface area contributed by atoms with Gasteiger partial charge in [0.25, 0.3) is 0 Å². The molecule has 2 rings (SSSR count). The molecule has 0 amide bonds. The van der Waals surface area contributed by atoms with Crippen LogP contribution in [0.5, 0.6) is 0 Å². The van der Waals surface area contributed by atoms with Gasteiger partial charge in [-0.05, 0) is 59.2 Å². The Morgan fingerprint density at radius 2 is 1.78 bits per heavy atom. The summed E-state index contributed by atoms with van der Waals surface area (Å²) in [5.41, 5.74) is 2.44. The normalized spacial score (nSPS) is 17.6. The maximum atomic E-state index is 12.9. The van der Waals surface area contributed by atoms with Crippen LogP contribution in [0.25, 0.3) is 0 Å². The summed E-state index contributed by atoms with van der Waals surface area (Å²) in [6.45, 7) is 9.64. The van der Waals surface area contributed by atoms with Gasteiger partial charge in [0.2, 0.25) is 0 Å². The molecule has 1 aromatic rings. The fourth-order valence-corrected chi connectivity index (χ4v) is 3.36. The van der Waals surface area contributed by atoms with E-state index in [1.54, 1.807) is 6.92 Å². The molecule has 23 heavy (non-hydrogen) atoms. The summed E-state index contributed by atoms with van der Waals surface area (Å²) in [4.78, 5) is 30.3. The van der Waals surface area contributed by atoms with Crippen molar-refractivity contribution in [3.05, 3.63) is 22.5 Å². The first-order valence-corrected chi connectivity index (χ1v) is 8.61. The van der Waals surface area contributed by atoms with Crippen molar-refractivity contribution < 1.29 is 14.3 Å². The number of aryl methyl sites for hydroxylation is 1. The van der Waals surface area contributed by atoms with Crippen molar-refractivity contribution in [2.45, 2.75) is 59.4 Å². The van der Waals surface area contributed by atoms with Gasteiger partial charge in [-0.1, -0.05) is 12.8 Å². The molecular formula is C18H28N2O3. The van der Waals surface area contributed by atoms with Gasteiger partial charge < -0.3 is 9.72 Å². The Morgan fingerprint density at radius 1 is 1.17 bits per heavy atom. The molecule has 0 aromatic carbocycles. The molecule has 1 unspecified atom stereocenters. The van der Waals surface area contributed by atoms with Crippen LogP contribution >= 0.6 is 0 Å². The fourth-order valence-electron chi connectivity index (χ4n) is 3.36. The number of ether oxygens (including phenoxy) is 1. The van der Waals surface area contributed by atoms with Gasteiger partial charge in [-0.15, -0.1) is 0 Å². The van der Waals surface area contributed by atoms with Crippen LogP contribution in [0.1, 0.15) is 71.6 Å². The Labute approximate surface area is 138 Å². The first-order valence-electron chi connectivity index (χ1n) is 8.61. The lowest BCUT2D eigenvalue weighted by Gasteiger charge is -2.26. The molecule has 1 atom stereocenters. The molecule has 1 N–H and O–H groups in total. The number of Topliss-reactive ketones (excluding diaryl/α,β-unsaturated/α-hetero) is 1. The lowest BCUT2D eigenvalue weighted by Crippen LogP contribution is -2.40. The number of nitrogens with zero attached hydrogens (tertiary/aromatic N) is 1. The average Bonchev–Trinajstić information content (AvgIpc) is 2.72. The number of aromatic nitrogens is 1. The second-order valence-corrected chi connectivity index (χ2v) is 6.34. The highest BCUT2D eigenvalue weighted by Gasteiger charge is 2.28. The minimum Gasteiger partial charge on any atom is -0.462 e. The fraction of sp³-hybridized carbons (Fsp3) is 0.667. The van der Waals surface area contributed by atoms with E-state index in [0.29, 0.717) is 29.1 Å². The monoisotopic (exact) mass is 320 g/mol.